The van der Waals surface area contributed by atoms with Gasteiger partial charge in [0.2, 0.25) is 0 Å². The van der Waals surface area contributed by atoms with Crippen LogP contribution < -0.4 is 5.32 Å². The van der Waals surface area contributed by atoms with Crippen molar-refractivity contribution in [3.05, 3.63) is 95.3 Å². The number of halogens is 1. The molecule has 26 heavy (non-hydrogen) atoms. The summed E-state index contributed by atoms with van der Waals surface area (Å²) in [5.74, 6) is 0. The molecule has 1 aliphatic heterocycles. The van der Waals surface area contributed by atoms with E-state index in [0.29, 0.717) is 6.04 Å². The maximum atomic E-state index is 6.01. The van der Waals surface area contributed by atoms with Gasteiger partial charge in [0.05, 0.1) is 0 Å². The van der Waals surface area contributed by atoms with Gasteiger partial charge in [0.25, 0.3) is 0 Å². The fourth-order valence-electron chi connectivity index (χ4n) is 3.49. The summed E-state index contributed by atoms with van der Waals surface area (Å²) in [5, 5.41) is 4.39. The number of nitrogens with zero attached hydrogens (tertiary/aromatic N) is 1. The summed E-state index contributed by atoms with van der Waals surface area (Å²) in [5.41, 5.74) is 6.29. The fourth-order valence-corrected chi connectivity index (χ4v) is 3.61. The van der Waals surface area contributed by atoms with Crippen molar-refractivity contribution in [2.45, 2.75) is 18.9 Å². The van der Waals surface area contributed by atoms with Crippen LogP contribution in [0.5, 0.6) is 0 Å². The van der Waals surface area contributed by atoms with Gasteiger partial charge in [0.15, 0.2) is 0 Å². The van der Waals surface area contributed by atoms with E-state index in [-0.39, 0.29) is 0 Å². The van der Waals surface area contributed by atoms with Crippen LogP contribution in [0.3, 0.4) is 0 Å². The molecule has 1 unspecified atom stereocenters. The molecule has 0 saturated carbocycles. The van der Waals surface area contributed by atoms with Gasteiger partial charge in [0.1, 0.15) is 0 Å². The largest absolute Gasteiger partial charge is 0.310 e. The SMILES string of the molecule is Clc1ccc(C2=CCNC(Cc3cncc(-c4ccccc4)c3)C2)cc1. The predicted octanol–water partition coefficient (Wildman–Crippen LogP) is 5.39. The van der Waals surface area contributed by atoms with E-state index in [9.17, 15) is 0 Å². The van der Waals surface area contributed by atoms with Crippen molar-refractivity contribution in [3.63, 3.8) is 0 Å². The van der Waals surface area contributed by atoms with Crippen molar-refractivity contribution in [2.24, 2.45) is 0 Å². The topological polar surface area (TPSA) is 24.9 Å². The molecule has 130 valence electrons. The maximum Gasteiger partial charge on any atom is 0.0406 e. The number of rotatable bonds is 4. The first-order valence-corrected chi connectivity index (χ1v) is 9.33. The van der Waals surface area contributed by atoms with Crippen molar-refractivity contribution in [1.29, 1.82) is 0 Å². The molecule has 2 nitrogen and oxygen atoms in total. The molecule has 2 aromatic carbocycles. The van der Waals surface area contributed by atoms with Crippen LogP contribution in [-0.2, 0) is 6.42 Å². The number of aromatic nitrogens is 1. The molecule has 4 rings (SSSR count). The normalized spacial score (nSPS) is 17.0. The van der Waals surface area contributed by atoms with E-state index in [1.807, 2.05) is 30.6 Å². The van der Waals surface area contributed by atoms with E-state index in [1.165, 1.54) is 27.8 Å². The van der Waals surface area contributed by atoms with E-state index in [4.69, 9.17) is 11.6 Å². The molecule has 1 aliphatic rings. The van der Waals surface area contributed by atoms with Gasteiger partial charge in [-0.05, 0) is 53.3 Å². The van der Waals surface area contributed by atoms with Crippen molar-refractivity contribution < 1.29 is 0 Å². The molecular weight excluding hydrogens is 340 g/mol. The van der Waals surface area contributed by atoms with Gasteiger partial charge >= 0.3 is 0 Å². The highest BCUT2D eigenvalue weighted by atomic mass is 35.5. The molecule has 0 fully saturated rings. The highest BCUT2D eigenvalue weighted by molar-refractivity contribution is 6.30. The van der Waals surface area contributed by atoms with E-state index < -0.39 is 0 Å². The Morgan fingerprint density at radius 1 is 0.923 bits per heavy atom. The van der Waals surface area contributed by atoms with Crippen LogP contribution >= 0.6 is 11.6 Å². The lowest BCUT2D eigenvalue weighted by Gasteiger charge is -2.25. The van der Waals surface area contributed by atoms with E-state index >= 15 is 0 Å². The highest BCUT2D eigenvalue weighted by Gasteiger charge is 2.17. The summed E-state index contributed by atoms with van der Waals surface area (Å²) < 4.78 is 0. The van der Waals surface area contributed by atoms with Crippen LogP contribution in [0.1, 0.15) is 17.5 Å². The molecule has 2 heterocycles. The van der Waals surface area contributed by atoms with Gasteiger partial charge in [-0.3, -0.25) is 4.98 Å². The van der Waals surface area contributed by atoms with Crippen LogP contribution in [0.25, 0.3) is 16.7 Å². The predicted molar refractivity (Wildman–Crippen MR) is 109 cm³/mol. The Morgan fingerprint density at radius 2 is 1.73 bits per heavy atom. The number of hydrogen-bond acceptors (Lipinski definition) is 2. The Bertz CT molecular complexity index is 901. The third-order valence-corrected chi connectivity index (χ3v) is 5.07. The third kappa shape index (κ3) is 4.04. The first-order valence-electron chi connectivity index (χ1n) is 8.95. The zero-order valence-corrected chi connectivity index (χ0v) is 15.3. The molecule has 1 atom stereocenters. The molecular formula is C23H21ClN2. The second-order valence-corrected chi connectivity index (χ2v) is 7.13. The first-order chi connectivity index (χ1) is 12.8. The summed E-state index contributed by atoms with van der Waals surface area (Å²) >= 11 is 6.01. The van der Waals surface area contributed by atoms with E-state index in [0.717, 1.165) is 24.4 Å². The highest BCUT2D eigenvalue weighted by Crippen LogP contribution is 2.26. The minimum absolute atomic E-state index is 0.415. The summed E-state index contributed by atoms with van der Waals surface area (Å²) in [4.78, 5) is 4.46. The van der Waals surface area contributed by atoms with Gasteiger partial charge in [0, 0.05) is 35.6 Å². The van der Waals surface area contributed by atoms with E-state index in [1.54, 1.807) is 0 Å². The molecule has 1 aromatic heterocycles. The van der Waals surface area contributed by atoms with Crippen LogP contribution in [0.2, 0.25) is 5.02 Å². The molecule has 3 aromatic rings. The van der Waals surface area contributed by atoms with Crippen LogP contribution in [-0.4, -0.2) is 17.6 Å². The Labute approximate surface area is 159 Å². The molecule has 0 radical (unpaired) electrons. The number of hydrogen-bond donors (Lipinski definition) is 1. The quantitative estimate of drug-likeness (QED) is 0.674. The molecule has 0 spiro atoms. The smallest absolute Gasteiger partial charge is 0.0406 e. The zero-order chi connectivity index (χ0) is 17.8. The lowest BCUT2D eigenvalue weighted by molar-refractivity contribution is 0.532. The average Bonchev–Trinajstić information content (AvgIpc) is 2.70. The Hall–Kier alpha value is -2.42. The van der Waals surface area contributed by atoms with Crippen LogP contribution in [0, 0.1) is 0 Å². The molecule has 0 saturated heterocycles. The van der Waals surface area contributed by atoms with Gasteiger partial charge in [-0.2, -0.15) is 0 Å². The fraction of sp³-hybridized carbons (Fsp3) is 0.174. The van der Waals surface area contributed by atoms with Crippen molar-refractivity contribution in [2.75, 3.05) is 6.54 Å². The van der Waals surface area contributed by atoms with Crippen molar-refractivity contribution in [3.8, 4) is 11.1 Å². The first kappa shape index (κ1) is 17.0. The lowest BCUT2D eigenvalue weighted by atomic mass is 9.92. The molecule has 0 aliphatic carbocycles. The van der Waals surface area contributed by atoms with Gasteiger partial charge in [-0.1, -0.05) is 60.1 Å². The number of nitrogens with one attached hydrogen (secondary N) is 1. The number of benzene rings is 2. The third-order valence-electron chi connectivity index (χ3n) is 4.82. The Morgan fingerprint density at radius 3 is 2.54 bits per heavy atom. The second kappa shape index (κ2) is 7.86. The van der Waals surface area contributed by atoms with Crippen LogP contribution in [0.4, 0.5) is 0 Å². The van der Waals surface area contributed by atoms with E-state index in [2.05, 4.69) is 58.8 Å². The standard InChI is InChI=1S/C23H21ClN2/c24-22-8-6-19(7-9-22)20-10-11-26-23(14-20)13-17-12-21(16-25-15-17)18-4-2-1-3-5-18/h1-10,12,15-16,23,26H,11,13-14H2. The zero-order valence-electron chi connectivity index (χ0n) is 14.5. The lowest BCUT2D eigenvalue weighted by Crippen LogP contribution is -2.34. The van der Waals surface area contributed by atoms with Gasteiger partial charge < -0.3 is 5.32 Å². The molecule has 0 bridgehead atoms. The summed E-state index contributed by atoms with van der Waals surface area (Å²) in [7, 11) is 0. The van der Waals surface area contributed by atoms with Gasteiger partial charge in [-0.15, -0.1) is 0 Å². The average molecular weight is 361 g/mol. The molecule has 1 N–H and O–H groups in total. The Balaban J connectivity index is 1.48. The van der Waals surface area contributed by atoms with Crippen LogP contribution in [0.15, 0.2) is 79.1 Å². The minimum atomic E-state index is 0.415. The van der Waals surface area contributed by atoms with Crippen molar-refractivity contribution in [1.82, 2.24) is 10.3 Å². The second-order valence-electron chi connectivity index (χ2n) is 6.70. The maximum absolute atomic E-state index is 6.01. The summed E-state index contributed by atoms with van der Waals surface area (Å²) in [6, 6.07) is 21.2. The minimum Gasteiger partial charge on any atom is -0.310 e. The van der Waals surface area contributed by atoms with Gasteiger partial charge in [-0.25, -0.2) is 0 Å². The monoisotopic (exact) mass is 360 g/mol. The Kier molecular flexibility index (Phi) is 5.14. The molecule has 0 amide bonds. The summed E-state index contributed by atoms with van der Waals surface area (Å²) in [6.07, 6.45) is 8.18. The molecule has 3 heteroatoms. The summed E-state index contributed by atoms with van der Waals surface area (Å²) in [6.45, 7) is 0.897. The van der Waals surface area contributed by atoms with Crippen molar-refractivity contribution >= 4 is 17.2 Å². The number of pyridine rings is 1.